The van der Waals surface area contributed by atoms with E-state index in [0.29, 0.717) is 6.61 Å². The van der Waals surface area contributed by atoms with Crippen molar-refractivity contribution in [3.05, 3.63) is 84.4 Å². The molecular weight excluding hydrogens is 272 g/mol. The number of hydrogen-bond donors (Lipinski definition) is 0. The molecule has 0 amide bonds. The van der Waals surface area contributed by atoms with Gasteiger partial charge in [-0.1, -0.05) is 42.5 Å². The van der Waals surface area contributed by atoms with E-state index in [-0.39, 0.29) is 0 Å². The Bertz CT molecular complexity index is 719. The van der Waals surface area contributed by atoms with E-state index in [0.717, 1.165) is 18.8 Å². The van der Waals surface area contributed by atoms with E-state index in [2.05, 4.69) is 71.2 Å². The Hall–Kier alpha value is -2.55. The number of imidazole rings is 1. The van der Waals surface area contributed by atoms with Crippen LogP contribution in [-0.4, -0.2) is 11.2 Å². The van der Waals surface area contributed by atoms with Crippen LogP contribution in [0.1, 0.15) is 11.1 Å². The van der Waals surface area contributed by atoms with Gasteiger partial charge in [0.15, 0.2) is 0 Å². The van der Waals surface area contributed by atoms with Crippen LogP contribution in [0.15, 0.2) is 73.3 Å². The molecule has 112 valence electrons. The molecule has 0 saturated heterocycles. The number of nitrogens with zero attached hydrogens (tertiary/aromatic N) is 2. The molecule has 0 bridgehead atoms. The third-order valence-electron chi connectivity index (χ3n) is 3.56. The first-order valence-electron chi connectivity index (χ1n) is 7.58. The molecule has 0 atom stereocenters. The minimum Gasteiger partial charge on any atom is -0.489 e. The maximum atomic E-state index is 5.79. The Morgan fingerprint density at radius 3 is 2.73 bits per heavy atom. The summed E-state index contributed by atoms with van der Waals surface area (Å²) in [5.74, 6) is 0.935. The van der Waals surface area contributed by atoms with E-state index in [1.54, 1.807) is 0 Å². The third-order valence-corrected chi connectivity index (χ3v) is 3.56. The molecule has 0 unspecified atom stereocenters. The maximum Gasteiger partial charge on any atom is 0.244 e. The minimum atomic E-state index is 0.670. The van der Waals surface area contributed by atoms with Crippen molar-refractivity contribution >= 4 is 0 Å². The summed E-state index contributed by atoms with van der Waals surface area (Å²) >= 11 is 0. The Balaban J connectivity index is 1.51. The highest BCUT2D eigenvalue weighted by Gasteiger charge is 2.04. The Morgan fingerprint density at radius 1 is 1.05 bits per heavy atom. The summed E-state index contributed by atoms with van der Waals surface area (Å²) in [6.07, 6.45) is 6.30. The minimum absolute atomic E-state index is 0.670. The van der Waals surface area contributed by atoms with Crippen LogP contribution in [0.2, 0.25) is 0 Å². The molecule has 0 fully saturated rings. The van der Waals surface area contributed by atoms with Crippen molar-refractivity contribution in [2.24, 2.45) is 0 Å². The van der Waals surface area contributed by atoms with Gasteiger partial charge in [0.2, 0.25) is 6.33 Å². The summed E-state index contributed by atoms with van der Waals surface area (Å²) in [6, 6.07) is 18.6. The lowest BCUT2D eigenvalue weighted by atomic mass is 10.2. The van der Waals surface area contributed by atoms with Crippen LogP contribution in [0.25, 0.3) is 0 Å². The van der Waals surface area contributed by atoms with Gasteiger partial charge in [-0.25, -0.2) is 9.13 Å². The smallest absolute Gasteiger partial charge is 0.244 e. The lowest BCUT2D eigenvalue weighted by Gasteiger charge is -2.05. The van der Waals surface area contributed by atoms with Crippen LogP contribution in [0.4, 0.5) is 0 Å². The number of aryl methyl sites for hydroxylation is 1. The molecule has 0 aliphatic heterocycles. The third kappa shape index (κ3) is 3.98. The van der Waals surface area contributed by atoms with Gasteiger partial charge >= 0.3 is 0 Å². The van der Waals surface area contributed by atoms with E-state index in [1.165, 1.54) is 11.1 Å². The van der Waals surface area contributed by atoms with Crippen molar-refractivity contribution in [2.75, 3.05) is 6.61 Å². The summed E-state index contributed by atoms with van der Waals surface area (Å²) in [6.45, 7) is 4.48. The predicted molar refractivity (Wildman–Crippen MR) is 86.8 cm³/mol. The first kappa shape index (κ1) is 14.4. The van der Waals surface area contributed by atoms with Crippen LogP contribution < -0.4 is 9.30 Å². The zero-order valence-electron chi connectivity index (χ0n) is 12.9. The van der Waals surface area contributed by atoms with Crippen LogP contribution in [0, 0.1) is 6.92 Å². The molecule has 3 aromatic rings. The van der Waals surface area contributed by atoms with Gasteiger partial charge in [-0.3, -0.25) is 0 Å². The van der Waals surface area contributed by atoms with Gasteiger partial charge in [0, 0.05) is 0 Å². The van der Waals surface area contributed by atoms with Crippen molar-refractivity contribution in [1.29, 1.82) is 0 Å². The Kier molecular flexibility index (Phi) is 4.54. The summed E-state index contributed by atoms with van der Waals surface area (Å²) in [5.41, 5.74) is 2.53. The highest BCUT2D eigenvalue weighted by Crippen LogP contribution is 2.12. The average molecular weight is 293 g/mol. The van der Waals surface area contributed by atoms with Crippen molar-refractivity contribution in [2.45, 2.75) is 20.0 Å². The summed E-state index contributed by atoms with van der Waals surface area (Å²) in [4.78, 5) is 0. The zero-order chi connectivity index (χ0) is 15.2. The molecule has 3 heteroatoms. The highest BCUT2D eigenvalue weighted by atomic mass is 16.5. The second-order valence-corrected chi connectivity index (χ2v) is 5.47. The van der Waals surface area contributed by atoms with E-state index in [4.69, 9.17) is 4.74 Å². The molecule has 0 N–H and O–H groups in total. The number of aromatic nitrogens is 2. The van der Waals surface area contributed by atoms with Gasteiger partial charge in [-0.05, 0) is 30.2 Å². The zero-order valence-corrected chi connectivity index (χ0v) is 12.9. The van der Waals surface area contributed by atoms with E-state index >= 15 is 0 Å². The van der Waals surface area contributed by atoms with Crippen molar-refractivity contribution < 1.29 is 9.30 Å². The normalized spacial score (nSPS) is 10.6. The van der Waals surface area contributed by atoms with Gasteiger partial charge < -0.3 is 4.74 Å². The topological polar surface area (TPSA) is 18.0 Å². The molecule has 3 rings (SSSR count). The molecule has 0 radical (unpaired) electrons. The summed E-state index contributed by atoms with van der Waals surface area (Å²) in [5, 5.41) is 0. The molecule has 22 heavy (non-hydrogen) atoms. The largest absolute Gasteiger partial charge is 0.489 e. The second-order valence-electron chi connectivity index (χ2n) is 5.47. The monoisotopic (exact) mass is 293 g/mol. The average Bonchev–Trinajstić information content (AvgIpc) is 2.96. The predicted octanol–water partition coefficient (Wildman–Crippen LogP) is 3.21. The fourth-order valence-electron chi connectivity index (χ4n) is 2.43. The van der Waals surface area contributed by atoms with Gasteiger partial charge in [-0.2, -0.15) is 0 Å². The lowest BCUT2D eigenvalue weighted by molar-refractivity contribution is -0.687. The molecule has 0 saturated carbocycles. The number of benzene rings is 2. The number of rotatable bonds is 6. The molecule has 0 aliphatic carbocycles. The first-order chi connectivity index (χ1) is 10.8. The summed E-state index contributed by atoms with van der Waals surface area (Å²) in [7, 11) is 0. The van der Waals surface area contributed by atoms with Crippen LogP contribution >= 0.6 is 0 Å². The van der Waals surface area contributed by atoms with E-state index < -0.39 is 0 Å². The van der Waals surface area contributed by atoms with Crippen molar-refractivity contribution in [1.82, 2.24) is 4.57 Å². The van der Waals surface area contributed by atoms with Crippen LogP contribution in [-0.2, 0) is 13.1 Å². The first-order valence-corrected chi connectivity index (χ1v) is 7.58. The quantitative estimate of drug-likeness (QED) is 0.638. The Morgan fingerprint density at radius 2 is 1.91 bits per heavy atom. The SMILES string of the molecule is Cc1cccc(OCCn2cc[n+](Cc3ccccc3)c2)c1. The van der Waals surface area contributed by atoms with Gasteiger partial charge in [0.05, 0.1) is 0 Å². The van der Waals surface area contributed by atoms with Crippen LogP contribution in [0.3, 0.4) is 0 Å². The molecule has 1 aromatic heterocycles. The molecule has 2 aromatic carbocycles. The Labute approximate surface area is 131 Å². The van der Waals surface area contributed by atoms with E-state index in [1.807, 2.05) is 18.2 Å². The summed E-state index contributed by atoms with van der Waals surface area (Å²) < 4.78 is 10.1. The van der Waals surface area contributed by atoms with Crippen LogP contribution in [0.5, 0.6) is 5.75 Å². The second kappa shape index (κ2) is 6.94. The number of hydrogen-bond acceptors (Lipinski definition) is 1. The van der Waals surface area contributed by atoms with Crippen molar-refractivity contribution in [3.8, 4) is 5.75 Å². The fraction of sp³-hybridized carbons (Fsp3) is 0.211. The van der Waals surface area contributed by atoms with Gasteiger partial charge in [-0.15, -0.1) is 0 Å². The molecule has 1 heterocycles. The molecule has 0 aliphatic rings. The van der Waals surface area contributed by atoms with Gasteiger partial charge in [0.1, 0.15) is 37.8 Å². The number of ether oxygens (including phenoxy) is 1. The standard InChI is InChI=1S/C19H21N2O/c1-17-6-5-9-19(14-17)22-13-12-20-10-11-21(16-20)15-18-7-3-2-4-8-18/h2-11,14,16H,12-13,15H2,1H3/q+1. The molecular formula is C19H21N2O+. The highest BCUT2D eigenvalue weighted by molar-refractivity contribution is 5.27. The fourth-order valence-corrected chi connectivity index (χ4v) is 2.43. The lowest BCUT2D eigenvalue weighted by Crippen LogP contribution is -2.31. The maximum absolute atomic E-state index is 5.79. The van der Waals surface area contributed by atoms with Gasteiger partial charge in [0.25, 0.3) is 0 Å². The molecule has 0 spiro atoms. The molecule has 3 nitrogen and oxygen atoms in total. The van der Waals surface area contributed by atoms with E-state index in [9.17, 15) is 0 Å². The van der Waals surface area contributed by atoms with Crippen molar-refractivity contribution in [3.63, 3.8) is 0 Å².